The van der Waals surface area contributed by atoms with Gasteiger partial charge in [-0.05, 0) is 12.5 Å². The molecule has 1 N–H and O–H groups in total. The predicted molar refractivity (Wildman–Crippen MR) is 51.1 cm³/mol. The third-order valence-electron chi connectivity index (χ3n) is 1.98. The fourth-order valence-electron chi connectivity index (χ4n) is 1.36. The van der Waals surface area contributed by atoms with Crippen LogP contribution in [0.4, 0.5) is 0 Å². The fourth-order valence-corrected chi connectivity index (χ4v) is 1.63. The number of rotatable bonds is 1. The van der Waals surface area contributed by atoms with E-state index in [9.17, 15) is 0 Å². The van der Waals surface area contributed by atoms with Crippen molar-refractivity contribution in [2.24, 2.45) is 4.99 Å². The summed E-state index contributed by atoms with van der Waals surface area (Å²) in [6.07, 6.45) is 4.90. The summed E-state index contributed by atoms with van der Waals surface area (Å²) in [4.78, 5) is 4.22. The summed E-state index contributed by atoms with van der Waals surface area (Å²) >= 11 is 4.14. The van der Waals surface area contributed by atoms with E-state index < -0.39 is 0 Å². The van der Waals surface area contributed by atoms with Gasteiger partial charge in [0.25, 0.3) is 0 Å². The summed E-state index contributed by atoms with van der Waals surface area (Å²) in [5.74, 6) is 0.884. The van der Waals surface area contributed by atoms with Gasteiger partial charge in [-0.3, -0.25) is 0 Å². The van der Waals surface area contributed by atoms with Crippen LogP contribution in [0.1, 0.15) is 6.42 Å². The standard InChI is InChI=1S/C8H10N2OS/c1-11-5-2-3-6-7(4-5)10-8(12)9-6/h2,4,6H,3H2,1H3,(H2,9,10,12). The summed E-state index contributed by atoms with van der Waals surface area (Å²) in [5, 5.41) is 3.84. The number of fused-ring (bicyclic) bond motifs is 1. The zero-order chi connectivity index (χ0) is 8.55. The van der Waals surface area contributed by atoms with Gasteiger partial charge in [0.2, 0.25) is 0 Å². The van der Waals surface area contributed by atoms with Crippen LogP contribution >= 0.6 is 12.6 Å². The lowest BCUT2D eigenvalue weighted by Gasteiger charge is -2.15. The second kappa shape index (κ2) is 2.86. The minimum absolute atomic E-state index is 0.302. The number of methoxy groups -OCH3 is 1. The molecule has 0 saturated carbocycles. The lowest BCUT2D eigenvalue weighted by molar-refractivity contribution is 0.301. The maximum absolute atomic E-state index is 5.10. The highest BCUT2D eigenvalue weighted by atomic mass is 32.1. The number of nitrogens with one attached hydrogen (secondary N) is 1. The molecule has 0 saturated heterocycles. The fraction of sp³-hybridized carbons (Fsp3) is 0.375. The van der Waals surface area contributed by atoms with E-state index in [0.29, 0.717) is 11.2 Å². The van der Waals surface area contributed by atoms with Crippen molar-refractivity contribution in [3.05, 3.63) is 23.6 Å². The molecular weight excluding hydrogens is 172 g/mol. The van der Waals surface area contributed by atoms with E-state index in [1.807, 2.05) is 12.2 Å². The van der Waals surface area contributed by atoms with E-state index >= 15 is 0 Å². The van der Waals surface area contributed by atoms with Gasteiger partial charge in [-0.25, -0.2) is 4.99 Å². The first kappa shape index (κ1) is 7.73. The lowest BCUT2D eigenvalue weighted by Crippen LogP contribution is -2.27. The maximum Gasteiger partial charge on any atom is 0.158 e. The molecule has 64 valence electrons. The van der Waals surface area contributed by atoms with Crippen LogP contribution < -0.4 is 5.32 Å². The first-order valence-electron chi connectivity index (χ1n) is 3.79. The molecule has 0 fully saturated rings. The van der Waals surface area contributed by atoms with E-state index in [1.54, 1.807) is 7.11 Å². The Morgan fingerprint density at radius 3 is 3.33 bits per heavy atom. The molecule has 3 nitrogen and oxygen atoms in total. The largest absolute Gasteiger partial charge is 0.497 e. The van der Waals surface area contributed by atoms with Gasteiger partial charge < -0.3 is 10.1 Å². The molecule has 0 amide bonds. The summed E-state index contributed by atoms with van der Waals surface area (Å²) in [6, 6.07) is 0.302. The quantitative estimate of drug-likeness (QED) is 0.595. The molecule has 0 aromatic rings. The monoisotopic (exact) mass is 182 g/mol. The second-order valence-electron chi connectivity index (χ2n) is 2.75. The van der Waals surface area contributed by atoms with Gasteiger partial charge in [-0.15, -0.1) is 12.6 Å². The molecule has 0 bridgehead atoms. The average Bonchev–Trinajstić information content (AvgIpc) is 2.43. The van der Waals surface area contributed by atoms with E-state index in [1.165, 1.54) is 0 Å². The second-order valence-corrected chi connectivity index (χ2v) is 3.17. The normalized spacial score (nSPS) is 26.5. The van der Waals surface area contributed by atoms with Crippen molar-refractivity contribution >= 4 is 17.8 Å². The Hall–Kier alpha value is -0.900. The molecule has 0 aromatic heterocycles. The third kappa shape index (κ3) is 1.22. The van der Waals surface area contributed by atoms with Gasteiger partial charge in [0.1, 0.15) is 5.76 Å². The third-order valence-corrected chi connectivity index (χ3v) is 2.21. The minimum Gasteiger partial charge on any atom is -0.497 e. The molecule has 1 aliphatic heterocycles. The summed E-state index contributed by atoms with van der Waals surface area (Å²) in [6.45, 7) is 0. The number of allylic oxidation sites excluding steroid dienone is 1. The minimum atomic E-state index is 0.302. The van der Waals surface area contributed by atoms with Gasteiger partial charge in [0.15, 0.2) is 5.17 Å². The number of nitrogens with zero attached hydrogens (tertiary/aromatic N) is 1. The SMILES string of the molecule is COC1=CCC2NC(S)=NC2=C1. The lowest BCUT2D eigenvalue weighted by atomic mass is 10.1. The van der Waals surface area contributed by atoms with Crippen LogP contribution in [0.15, 0.2) is 28.6 Å². The Bertz CT molecular complexity index is 293. The molecular formula is C8H10N2OS. The summed E-state index contributed by atoms with van der Waals surface area (Å²) < 4.78 is 5.10. The van der Waals surface area contributed by atoms with Gasteiger partial charge in [-0.1, -0.05) is 0 Å². The number of hydrogen-bond donors (Lipinski definition) is 2. The summed E-state index contributed by atoms with van der Waals surface area (Å²) in [7, 11) is 1.66. The van der Waals surface area contributed by atoms with Gasteiger partial charge in [0, 0.05) is 6.08 Å². The Morgan fingerprint density at radius 1 is 1.75 bits per heavy atom. The maximum atomic E-state index is 5.10. The van der Waals surface area contributed by atoms with Crippen LogP contribution in [0, 0.1) is 0 Å². The molecule has 2 rings (SSSR count). The zero-order valence-corrected chi connectivity index (χ0v) is 7.64. The number of ether oxygens (including phenoxy) is 1. The average molecular weight is 182 g/mol. The van der Waals surface area contributed by atoms with E-state index in [-0.39, 0.29) is 0 Å². The molecule has 4 heteroatoms. The van der Waals surface area contributed by atoms with E-state index in [4.69, 9.17) is 4.74 Å². The highest BCUT2D eigenvalue weighted by Crippen LogP contribution is 2.23. The highest BCUT2D eigenvalue weighted by molar-refractivity contribution is 7.96. The Morgan fingerprint density at radius 2 is 2.58 bits per heavy atom. The Labute approximate surface area is 76.6 Å². The Kier molecular flexibility index (Phi) is 1.84. The smallest absolute Gasteiger partial charge is 0.158 e. The highest BCUT2D eigenvalue weighted by Gasteiger charge is 2.23. The van der Waals surface area contributed by atoms with Gasteiger partial charge in [-0.2, -0.15) is 0 Å². The molecule has 1 atom stereocenters. The molecule has 0 aromatic carbocycles. The van der Waals surface area contributed by atoms with Crippen LogP contribution in [-0.4, -0.2) is 18.3 Å². The number of thiol groups is 1. The molecule has 0 spiro atoms. The van der Waals surface area contributed by atoms with Gasteiger partial charge >= 0.3 is 0 Å². The molecule has 1 aliphatic carbocycles. The number of amidine groups is 1. The van der Waals surface area contributed by atoms with Crippen LogP contribution in [0.5, 0.6) is 0 Å². The molecule has 0 radical (unpaired) electrons. The van der Waals surface area contributed by atoms with Crippen molar-refractivity contribution in [3.63, 3.8) is 0 Å². The van der Waals surface area contributed by atoms with E-state index in [2.05, 4.69) is 22.9 Å². The van der Waals surface area contributed by atoms with Crippen LogP contribution in [0.3, 0.4) is 0 Å². The van der Waals surface area contributed by atoms with Crippen molar-refractivity contribution in [1.29, 1.82) is 0 Å². The van der Waals surface area contributed by atoms with Crippen LogP contribution in [0.25, 0.3) is 0 Å². The molecule has 1 heterocycles. The van der Waals surface area contributed by atoms with Crippen molar-refractivity contribution in [2.75, 3.05) is 7.11 Å². The number of hydrogen-bond acceptors (Lipinski definition) is 3. The van der Waals surface area contributed by atoms with Gasteiger partial charge in [0.05, 0.1) is 18.8 Å². The molecule has 1 unspecified atom stereocenters. The first-order valence-corrected chi connectivity index (χ1v) is 4.24. The Balaban J connectivity index is 2.24. The number of aliphatic imine (C=N–C) groups is 1. The van der Waals surface area contributed by atoms with Crippen molar-refractivity contribution in [2.45, 2.75) is 12.5 Å². The predicted octanol–water partition coefficient (Wildman–Crippen LogP) is 1.06. The topological polar surface area (TPSA) is 33.6 Å². The van der Waals surface area contributed by atoms with Crippen molar-refractivity contribution < 1.29 is 4.74 Å². The van der Waals surface area contributed by atoms with Crippen LogP contribution in [0.2, 0.25) is 0 Å². The molecule has 2 aliphatic rings. The van der Waals surface area contributed by atoms with Crippen molar-refractivity contribution in [3.8, 4) is 0 Å². The molecule has 12 heavy (non-hydrogen) atoms. The van der Waals surface area contributed by atoms with Crippen LogP contribution in [-0.2, 0) is 4.74 Å². The zero-order valence-electron chi connectivity index (χ0n) is 6.74. The first-order chi connectivity index (χ1) is 5.79. The summed E-state index contributed by atoms with van der Waals surface area (Å²) in [5.41, 5.74) is 1.01. The van der Waals surface area contributed by atoms with E-state index in [0.717, 1.165) is 17.9 Å². The van der Waals surface area contributed by atoms with Crippen molar-refractivity contribution in [1.82, 2.24) is 5.32 Å².